The lowest BCUT2D eigenvalue weighted by atomic mass is 9.77. The summed E-state index contributed by atoms with van der Waals surface area (Å²) in [5, 5.41) is 0. The summed E-state index contributed by atoms with van der Waals surface area (Å²) in [4.78, 5) is -1.02. The van der Waals surface area contributed by atoms with E-state index in [4.69, 9.17) is 16.3 Å². The minimum Gasteiger partial charge on any atom is -0.202 e. The zero-order valence-corrected chi connectivity index (χ0v) is 17.4. The van der Waals surface area contributed by atoms with Crippen molar-refractivity contribution in [2.24, 2.45) is 5.92 Å². The average Bonchev–Trinajstić information content (AvgIpc) is 2.56. The van der Waals surface area contributed by atoms with Crippen molar-refractivity contribution in [3.8, 4) is 0 Å². The first kappa shape index (κ1) is 22.1. The molecule has 0 aliphatic heterocycles. The maximum atomic E-state index is 13.8. The molecular formula is C16H17F5OPS3+. The minimum atomic E-state index is -2.20. The Balaban J connectivity index is 2.19. The standard InChI is InChI=1S/C16H16F5OPS3/c1-7(2)8-4-5-16(3,24)9(6-8)22-23(25)26-15-13(20)11(18)10(17)12(19)14(15)21/h8-9H,1,4-6H2,2-3H3/p+1/t8-,9+,16+/m1/s1. The molecule has 0 radical (unpaired) electrons. The second-order valence-corrected chi connectivity index (χ2v) is 12.0. The van der Waals surface area contributed by atoms with Gasteiger partial charge < -0.3 is 0 Å². The van der Waals surface area contributed by atoms with Gasteiger partial charge in [-0.3, -0.25) is 0 Å². The molecule has 1 nitrogen and oxygen atoms in total. The highest BCUT2D eigenvalue weighted by Gasteiger charge is 2.43. The highest BCUT2D eigenvalue weighted by atomic mass is 32.9. The van der Waals surface area contributed by atoms with E-state index >= 15 is 0 Å². The largest absolute Gasteiger partial charge is 0.420 e. The number of hydrogen-bond donors (Lipinski definition) is 1. The molecule has 144 valence electrons. The Kier molecular flexibility index (Phi) is 7.16. The van der Waals surface area contributed by atoms with Crippen LogP contribution in [0.25, 0.3) is 0 Å². The second-order valence-electron chi connectivity index (χ2n) is 6.48. The van der Waals surface area contributed by atoms with Crippen LogP contribution >= 0.6 is 30.1 Å². The molecule has 1 aromatic rings. The summed E-state index contributed by atoms with van der Waals surface area (Å²) in [5.41, 5.74) is 0.989. The Morgan fingerprint density at radius 1 is 1.19 bits per heavy atom. The highest BCUT2D eigenvalue weighted by molar-refractivity contribution is 8.62. The monoisotopic (exact) mass is 447 g/mol. The van der Waals surface area contributed by atoms with E-state index in [0.29, 0.717) is 17.8 Å². The van der Waals surface area contributed by atoms with Crippen LogP contribution in [0.5, 0.6) is 0 Å². The van der Waals surface area contributed by atoms with Crippen molar-refractivity contribution in [2.75, 3.05) is 0 Å². The Hall–Kier alpha value is -0.210. The van der Waals surface area contributed by atoms with Crippen LogP contribution in [0.2, 0.25) is 0 Å². The van der Waals surface area contributed by atoms with Gasteiger partial charge in [-0.1, -0.05) is 12.2 Å². The molecule has 4 atom stereocenters. The molecular weight excluding hydrogens is 430 g/mol. The third-order valence-electron chi connectivity index (χ3n) is 4.44. The summed E-state index contributed by atoms with van der Waals surface area (Å²) in [7, 11) is 0. The van der Waals surface area contributed by atoms with Gasteiger partial charge in [-0.25, -0.2) is 22.0 Å². The molecule has 10 heteroatoms. The fourth-order valence-corrected chi connectivity index (χ4v) is 6.51. The van der Waals surface area contributed by atoms with Crippen LogP contribution < -0.4 is 0 Å². The third kappa shape index (κ3) is 4.61. The van der Waals surface area contributed by atoms with Crippen molar-refractivity contribution in [2.45, 2.75) is 48.9 Å². The maximum absolute atomic E-state index is 13.8. The predicted octanol–water partition coefficient (Wildman–Crippen LogP) is 6.70. The van der Waals surface area contributed by atoms with Gasteiger partial charge in [0.2, 0.25) is 17.6 Å². The Morgan fingerprint density at radius 3 is 2.19 bits per heavy atom. The lowest BCUT2D eigenvalue weighted by Crippen LogP contribution is -2.41. The predicted molar refractivity (Wildman–Crippen MR) is 101 cm³/mol. The lowest BCUT2D eigenvalue weighted by Gasteiger charge is -2.38. The smallest absolute Gasteiger partial charge is 0.202 e. The van der Waals surface area contributed by atoms with E-state index in [1.165, 1.54) is 0 Å². The van der Waals surface area contributed by atoms with Gasteiger partial charge >= 0.3 is 6.13 Å². The Labute approximate surface area is 164 Å². The highest BCUT2D eigenvalue weighted by Crippen LogP contribution is 2.52. The molecule has 1 unspecified atom stereocenters. The van der Waals surface area contributed by atoms with E-state index in [1.807, 2.05) is 13.8 Å². The third-order valence-corrected chi connectivity index (χ3v) is 8.25. The van der Waals surface area contributed by atoms with Crippen LogP contribution in [0.15, 0.2) is 17.0 Å². The second kappa shape index (κ2) is 8.43. The maximum Gasteiger partial charge on any atom is 0.420 e. The van der Waals surface area contributed by atoms with Crippen LogP contribution in [0.1, 0.15) is 33.1 Å². The van der Waals surface area contributed by atoms with Gasteiger partial charge in [0.25, 0.3) is 0 Å². The van der Waals surface area contributed by atoms with Gasteiger partial charge in [0.15, 0.2) is 34.7 Å². The summed E-state index contributed by atoms with van der Waals surface area (Å²) < 4.78 is 72.6. The van der Waals surface area contributed by atoms with Crippen LogP contribution in [-0.2, 0) is 16.3 Å². The first-order chi connectivity index (χ1) is 12.0. The summed E-state index contributed by atoms with van der Waals surface area (Å²) in [6.07, 6.45) is -0.179. The normalized spacial score (nSPS) is 26.7. The van der Waals surface area contributed by atoms with Crippen molar-refractivity contribution in [1.29, 1.82) is 0 Å². The van der Waals surface area contributed by atoms with Crippen LogP contribution in [0, 0.1) is 35.0 Å². The van der Waals surface area contributed by atoms with Gasteiger partial charge in [0, 0.05) is 4.75 Å². The van der Waals surface area contributed by atoms with Crippen molar-refractivity contribution in [1.82, 2.24) is 0 Å². The average molecular weight is 447 g/mol. The zero-order valence-electron chi connectivity index (χ0n) is 14.0. The van der Waals surface area contributed by atoms with E-state index in [9.17, 15) is 22.0 Å². The van der Waals surface area contributed by atoms with E-state index in [1.54, 1.807) is 0 Å². The number of benzene rings is 1. The fraction of sp³-hybridized carbons (Fsp3) is 0.500. The summed E-state index contributed by atoms with van der Waals surface area (Å²) >= 11 is 10.1. The number of allylic oxidation sites excluding steroid dienone is 1. The first-order valence-electron chi connectivity index (χ1n) is 7.67. The molecule has 0 saturated heterocycles. The Morgan fingerprint density at radius 2 is 1.69 bits per heavy atom. The van der Waals surface area contributed by atoms with Crippen molar-refractivity contribution in [3.05, 3.63) is 41.2 Å². The summed E-state index contributed by atoms with van der Waals surface area (Å²) in [6.45, 7) is 7.71. The topological polar surface area (TPSA) is 9.23 Å². The number of thiol groups is 1. The van der Waals surface area contributed by atoms with Crippen LogP contribution in [0.4, 0.5) is 22.0 Å². The summed E-state index contributed by atoms with van der Waals surface area (Å²) in [5.74, 6) is -9.78. The molecule has 0 bridgehead atoms. The SMILES string of the molecule is C=C(C)[C@@H]1CC[C@](C)(S)[C@@H](O[P+](=S)Sc2c(F)c(F)c(F)c(F)c2F)C1. The molecule has 0 aromatic heterocycles. The molecule has 1 saturated carbocycles. The quantitative estimate of drug-likeness (QED) is 0.134. The van der Waals surface area contributed by atoms with Gasteiger partial charge in [0.1, 0.15) is 11.0 Å². The molecule has 2 rings (SSSR count). The van der Waals surface area contributed by atoms with E-state index < -0.39 is 51.0 Å². The number of rotatable bonds is 5. The van der Waals surface area contributed by atoms with Crippen LogP contribution in [0.3, 0.4) is 0 Å². The van der Waals surface area contributed by atoms with E-state index in [-0.39, 0.29) is 5.92 Å². The van der Waals surface area contributed by atoms with Gasteiger partial charge in [-0.15, -0.1) is 0 Å². The molecule has 1 aliphatic carbocycles. The summed E-state index contributed by atoms with van der Waals surface area (Å²) in [6, 6.07) is 0. The van der Waals surface area contributed by atoms with Crippen molar-refractivity contribution < 1.29 is 26.5 Å². The first-order valence-corrected chi connectivity index (χ1v) is 11.8. The Bertz CT molecular complexity index is 727. The van der Waals surface area contributed by atoms with Crippen molar-refractivity contribution in [3.63, 3.8) is 0 Å². The molecule has 1 fully saturated rings. The lowest BCUT2D eigenvalue weighted by molar-refractivity contribution is 0.122. The zero-order chi connectivity index (χ0) is 19.8. The van der Waals surface area contributed by atoms with Gasteiger partial charge in [0.05, 0.1) is 0 Å². The van der Waals surface area contributed by atoms with Gasteiger partial charge in [-0.2, -0.15) is 17.2 Å². The molecule has 1 aromatic carbocycles. The number of hydrogen-bond acceptors (Lipinski definition) is 4. The fourth-order valence-electron chi connectivity index (χ4n) is 2.73. The van der Waals surface area contributed by atoms with E-state index in [0.717, 1.165) is 18.4 Å². The molecule has 1 aliphatic rings. The molecule has 0 amide bonds. The molecule has 26 heavy (non-hydrogen) atoms. The van der Waals surface area contributed by atoms with E-state index in [2.05, 4.69) is 19.2 Å². The molecule has 0 N–H and O–H groups in total. The van der Waals surface area contributed by atoms with Crippen LogP contribution in [-0.4, -0.2) is 10.9 Å². The minimum absolute atomic E-state index is 0.206. The van der Waals surface area contributed by atoms with Gasteiger partial charge in [-0.05, 0) is 39.0 Å². The molecule has 0 spiro atoms. The number of halogens is 5. The molecule has 0 heterocycles. The van der Waals surface area contributed by atoms with Crippen molar-refractivity contribution >= 4 is 41.9 Å².